The second-order valence-electron chi connectivity index (χ2n) is 7.09. The van der Waals surface area contributed by atoms with Gasteiger partial charge in [0.05, 0.1) is 27.0 Å². The van der Waals surface area contributed by atoms with Crippen LogP contribution in [-0.4, -0.2) is 25.9 Å². The molecule has 0 aliphatic carbocycles. The van der Waals surface area contributed by atoms with Gasteiger partial charge in [0, 0.05) is 18.2 Å². The van der Waals surface area contributed by atoms with E-state index in [4.69, 9.17) is 9.47 Å². The summed E-state index contributed by atoms with van der Waals surface area (Å²) in [6, 6.07) is 2.19. The van der Waals surface area contributed by atoms with Crippen LogP contribution in [0.25, 0.3) is 0 Å². The lowest BCUT2D eigenvalue weighted by Crippen LogP contribution is -2.53. The fourth-order valence-corrected chi connectivity index (χ4v) is 5.57. The van der Waals surface area contributed by atoms with Gasteiger partial charge in [0.1, 0.15) is 0 Å². The van der Waals surface area contributed by atoms with Crippen LogP contribution < -0.4 is 10.7 Å². The number of aromatic nitrogens is 1. The molecule has 3 heterocycles. The van der Waals surface area contributed by atoms with Gasteiger partial charge in [-0.1, -0.05) is 33.0 Å². The van der Waals surface area contributed by atoms with E-state index in [0.29, 0.717) is 19.8 Å². The average molecular weight is 307 g/mol. The molecule has 1 saturated heterocycles. The lowest BCUT2D eigenvalue weighted by molar-refractivity contribution is -0.163. The first-order valence-corrected chi connectivity index (χ1v) is 11.4. The van der Waals surface area contributed by atoms with Crippen LogP contribution in [0.4, 0.5) is 0 Å². The Morgan fingerprint density at radius 3 is 2.52 bits per heavy atom. The predicted octanol–water partition coefficient (Wildman–Crippen LogP) is 1.95. The highest BCUT2D eigenvalue weighted by Gasteiger charge is 2.46. The van der Waals surface area contributed by atoms with Crippen molar-refractivity contribution in [3.8, 4) is 0 Å². The Labute approximate surface area is 127 Å². The van der Waals surface area contributed by atoms with Gasteiger partial charge >= 0.3 is 0 Å². The second kappa shape index (κ2) is 5.07. The van der Waals surface area contributed by atoms with E-state index in [1.165, 1.54) is 5.56 Å². The van der Waals surface area contributed by atoms with Gasteiger partial charge in [-0.15, -0.1) is 0 Å². The number of rotatable bonds is 3. The Kier molecular flexibility index (Phi) is 3.62. The zero-order chi connectivity index (χ0) is 15.3. The Balaban J connectivity index is 2.22. The summed E-state index contributed by atoms with van der Waals surface area (Å²) in [7, 11) is -1.67. The highest BCUT2D eigenvalue weighted by atomic mass is 28.3. The van der Waals surface area contributed by atoms with Crippen LogP contribution in [0.2, 0.25) is 19.6 Å². The molecule has 4 nitrogen and oxygen atoms in total. The molecule has 2 aliphatic heterocycles. The quantitative estimate of drug-likeness (QED) is 0.802. The third kappa shape index (κ3) is 2.31. The van der Waals surface area contributed by atoms with Crippen LogP contribution in [0.3, 0.4) is 0 Å². The molecule has 0 radical (unpaired) electrons. The zero-order valence-corrected chi connectivity index (χ0v) is 14.5. The molecule has 1 aromatic rings. The lowest BCUT2D eigenvalue weighted by Gasteiger charge is -2.26. The van der Waals surface area contributed by atoms with Crippen molar-refractivity contribution in [1.29, 1.82) is 0 Å². The minimum atomic E-state index is -1.67. The monoisotopic (exact) mass is 307 g/mol. The lowest BCUT2D eigenvalue weighted by atomic mass is 10.1. The molecule has 1 aromatic heterocycles. The SMILES string of the molecule is CCCc1cc2n(c(=O)c1[Si](C)(C)C)CCC21OCCO1. The molecule has 2 aliphatic rings. The molecule has 0 saturated carbocycles. The van der Waals surface area contributed by atoms with E-state index in [1.54, 1.807) is 0 Å². The van der Waals surface area contributed by atoms with E-state index in [1.807, 2.05) is 4.57 Å². The molecule has 5 heteroatoms. The predicted molar refractivity (Wildman–Crippen MR) is 85.9 cm³/mol. The summed E-state index contributed by atoms with van der Waals surface area (Å²) in [5.74, 6) is -0.653. The number of nitrogens with zero attached hydrogens (tertiary/aromatic N) is 1. The normalized spacial score (nSPS) is 20.2. The average Bonchev–Trinajstić information content (AvgIpc) is 2.98. The van der Waals surface area contributed by atoms with Crippen LogP contribution in [0.15, 0.2) is 10.9 Å². The molecule has 116 valence electrons. The summed E-state index contributed by atoms with van der Waals surface area (Å²) in [6.45, 7) is 10.9. The summed E-state index contributed by atoms with van der Waals surface area (Å²) < 4.78 is 13.6. The second-order valence-corrected chi connectivity index (χ2v) is 12.1. The molecular weight excluding hydrogens is 282 g/mol. The number of hydrogen-bond acceptors (Lipinski definition) is 3. The summed E-state index contributed by atoms with van der Waals surface area (Å²) in [5, 5.41) is 1.09. The number of aryl methyl sites for hydroxylation is 1. The van der Waals surface area contributed by atoms with Gasteiger partial charge in [-0.3, -0.25) is 4.79 Å². The zero-order valence-electron chi connectivity index (χ0n) is 13.5. The Bertz CT molecular complexity index is 609. The largest absolute Gasteiger partial charge is 0.342 e. The van der Waals surface area contributed by atoms with Crippen molar-refractivity contribution in [2.45, 2.75) is 58.2 Å². The maximum absolute atomic E-state index is 13.0. The molecule has 0 atom stereocenters. The topological polar surface area (TPSA) is 40.5 Å². The highest BCUT2D eigenvalue weighted by Crippen LogP contribution is 2.39. The van der Waals surface area contributed by atoms with E-state index in [2.05, 4.69) is 32.6 Å². The molecule has 3 rings (SSSR count). The van der Waals surface area contributed by atoms with Crippen molar-refractivity contribution in [1.82, 2.24) is 4.57 Å². The molecular formula is C16H25NO3Si. The maximum Gasteiger partial charge on any atom is 0.250 e. The molecule has 0 aromatic carbocycles. The first-order valence-electron chi connectivity index (χ1n) is 7.94. The van der Waals surface area contributed by atoms with Gasteiger partial charge in [0.2, 0.25) is 11.3 Å². The molecule has 0 amide bonds. The molecule has 0 N–H and O–H groups in total. The summed E-state index contributed by atoms with van der Waals surface area (Å²) in [6.07, 6.45) is 2.76. The smallest absolute Gasteiger partial charge is 0.250 e. The van der Waals surface area contributed by atoms with E-state index in [0.717, 1.165) is 30.1 Å². The molecule has 21 heavy (non-hydrogen) atoms. The Hall–Kier alpha value is -0.913. The van der Waals surface area contributed by atoms with E-state index >= 15 is 0 Å². The van der Waals surface area contributed by atoms with Gasteiger partial charge in [-0.05, 0) is 18.1 Å². The fourth-order valence-electron chi connectivity index (χ4n) is 3.64. The van der Waals surface area contributed by atoms with E-state index < -0.39 is 13.9 Å². The minimum Gasteiger partial charge on any atom is -0.342 e. The first-order chi connectivity index (χ1) is 9.89. The third-order valence-corrected chi connectivity index (χ3v) is 6.49. The standard InChI is InChI=1S/C16H25NO3Si/c1-5-6-12-11-13-16(19-9-10-20-16)7-8-17(13)15(18)14(12)21(2,3)4/h11H,5-10H2,1-4H3. The minimum absolute atomic E-state index is 0.200. The summed E-state index contributed by atoms with van der Waals surface area (Å²) in [4.78, 5) is 13.0. The summed E-state index contributed by atoms with van der Waals surface area (Å²) in [5.41, 5.74) is 2.36. The number of ether oxygens (including phenoxy) is 2. The van der Waals surface area contributed by atoms with Crippen LogP contribution in [0.5, 0.6) is 0 Å². The van der Waals surface area contributed by atoms with Gasteiger partial charge in [-0.25, -0.2) is 0 Å². The van der Waals surface area contributed by atoms with Gasteiger partial charge < -0.3 is 14.0 Å². The van der Waals surface area contributed by atoms with Crippen molar-refractivity contribution in [2.24, 2.45) is 0 Å². The van der Waals surface area contributed by atoms with Crippen LogP contribution in [0.1, 0.15) is 31.0 Å². The van der Waals surface area contributed by atoms with Crippen molar-refractivity contribution in [3.63, 3.8) is 0 Å². The van der Waals surface area contributed by atoms with E-state index in [9.17, 15) is 4.79 Å². The maximum atomic E-state index is 13.0. The van der Waals surface area contributed by atoms with Gasteiger partial charge in [0.25, 0.3) is 0 Å². The number of fused-ring (bicyclic) bond motifs is 2. The molecule has 0 unspecified atom stereocenters. The first kappa shape index (κ1) is 15.0. The van der Waals surface area contributed by atoms with Crippen molar-refractivity contribution < 1.29 is 9.47 Å². The Morgan fingerprint density at radius 1 is 1.29 bits per heavy atom. The van der Waals surface area contributed by atoms with Crippen molar-refractivity contribution in [3.05, 3.63) is 27.7 Å². The van der Waals surface area contributed by atoms with Crippen LogP contribution >= 0.6 is 0 Å². The number of hydrogen-bond donors (Lipinski definition) is 0. The number of pyridine rings is 1. The highest BCUT2D eigenvalue weighted by molar-refractivity contribution is 6.88. The molecule has 0 bridgehead atoms. The van der Waals surface area contributed by atoms with Crippen LogP contribution in [-0.2, 0) is 28.2 Å². The molecule has 1 fully saturated rings. The van der Waals surface area contributed by atoms with Gasteiger partial charge in [0.15, 0.2) is 0 Å². The van der Waals surface area contributed by atoms with E-state index in [-0.39, 0.29) is 5.56 Å². The molecule has 1 spiro atoms. The Morgan fingerprint density at radius 2 is 1.95 bits per heavy atom. The summed E-state index contributed by atoms with van der Waals surface area (Å²) >= 11 is 0. The fraction of sp³-hybridized carbons (Fsp3) is 0.688. The van der Waals surface area contributed by atoms with Crippen molar-refractivity contribution in [2.75, 3.05) is 13.2 Å². The van der Waals surface area contributed by atoms with Crippen molar-refractivity contribution >= 4 is 13.3 Å². The third-order valence-electron chi connectivity index (χ3n) is 4.46. The van der Waals surface area contributed by atoms with Crippen LogP contribution in [0, 0.1) is 0 Å². The van der Waals surface area contributed by atoms with Gasteiger partial charge in [-0.2, -0.15) is 0 Å².